The third kappa shape index (κ3) is 3.01. The van der Waals surface area contributed by atoms with Crippen molar-refractivity contribution >= 4 is 17.4 Å². The van der Waals surface area contributed by atoms with Crippen LogP contribution in [0.2, 0.25) is 5.02 Å². The highest BCUT2D eigenvalue weighted by Crippen LogP contribution is 2.34. The highest BCUT2D eigenvalue weighted by Gasteiger charge is 2.25. The Morgan fingerprint density at radius 3 is 2.37 bits per heavy atom. The van der Waals surface area contributed by atoms with Crippen LogP contribution in [0, 0.1) is 5.92 Å². The predicted molar refractivity (Wildman–Crippen MR) is 74.5 cm³/mol. The van der Waals surface area contributed by atoms with Crippen molar-refractivity contribution in [2.75, 3.05) is 27.3 Å². The van der Waals surface area contributed by atoms with Crippen LogP contribution < -0.4 is 14.8 Å². The van der Waals surface area contributed by atoms with Crippen LogP contribution in [-0.4, -0.2) is 33.1 Å². The van der Waals surface area contributed by atoms with Gasteiger partial charge in [-0.25, -0.2) is 0 Å². The van der Waals surface area contributed by atoms with Gasteiger partial charge in [0, 0.05) is 17.5 Å². The molecular weight excluding hydrogens is 266 g/mol. The molecule has 1 aliphatic heterocycles. The SMILES string of the molecule is COc1cc(Cl)c(C(=O)C2CCNCC2)cc1OC. The van der Waals surface area contributed by atoms with Crippen LogP contribution in [0.4, 0.5) is 0 Å². The molecule has 0 unspecified atom stereocenters. The zero-order chi connectivity index (χ0) is 13.8. The van der Waals surface area contributed by atoms with Gasteiger partial charge >= 0.3 is 0 Å². The van der Waals surface area contributed by atoms with Crippen molar-refractivity contribution in [1.29, 1.82) is 0 Å². The number of methoxy groups -OCH3 is 2. The number of benzene rings is 1. The molecule has 1 heterocycles. The van der Waals surface area contributed by atoms with E-state index < -0.39 is 0 Å². The van der Waals surface area contributed by atoms with Gasteiger partial charge in [-0.1, -0.05) is 11.6 Å². The van der Waals surface area contributed by atoms with Crippen LogP contribution >= 0.6 is 11.6 Å². The van der Waals surface area contributed by atoms with Gasteiger partial charge in [-0.2, -0.15) is 0 Å². The van der Waals surface area contributed by atoms with Gasteiger partial charge in [-0.15, -0.1) is 0 Å². The molecule has 5 heteroatoms. The molecule has 0 saturated carbocycles. The van der Waals surface area contributed by atoms with Crippen molar-refractivity contribution in [3.63, 3.8) is 0 Å². The fourth-order valence-electron chi connectivity index (χ4n) is 2.35. The summed E-state index contributed by atoms with van der Waals surface area (Å²) in [6.45, 7) is 1.75. The molecule has 1 saturated heterocycles. The molecule has 1 aliphatic rings. The molecule has 2 rings (SSSR count). The molecule has 0 atom stereocenters. The largest absolute Gasteiger partial charge is 0.493 e. The lowest BCUT2D eigenvalue weighted by molar-refractivity contribution is 0.0895. The summed E-state index contributed by atoms with van der Waals surface area (Å²) < 4.78 is 10.4. The van der Waals surface area contributed by atoms with E-state index in [9.17, 15) is 4.79 Å². The second kappa shape index (κ2) is 6.26. The Kier molecular flexibility index (Phi) is 4.66. The van der Waals surface area contributed by atoms with E-state index >= 15 is 0 Å². The monoisotopic (exact) mass is 283 g/mol. The van der Waals surface area contributed by atoms with Gasteiger partial charge in [-0.3, -0.25) is 4.79 Å². The number of carbonyl (C=O) groups excluding carboxylic acids is 1. The number of rotatable bonds is 4. The van der Waals surface area contributed by atoms with Crippen molar-refractivity contribution < 1.29 is 14.3 Å². The molecule has 0 spiro atoms. The van der Waals surface area contributed by atoms with Gasteiger partial charge in [0.05, 0.1) is 19.2 Å². The summed E-state index contributed by atoms with van der Waals surface area (Å²) in [6, 6.07) is 3.31. The zero-order valence-electron chi connectivity index (χ0n) is 11.2. The van der Waals surface area contributed by atoms with E-state index in [1.54, 1.807) is 26.4 Å². The lowest BCUT2D eigenvalue weighted by atomic mass is 9.89. The molecule has 0 aliphatic carbocycles. The van der Waals surface area contributed by atoms with Crippen LogP contribution in [0.5, 0.6) is 11.5 Å². The fraction of sp³-hybridized carbons (Fsp3) is 0.500. The maximum atomic E-state index is 12.5. The Hall–Kier alpha value is -1.26. The average molecular weight is 284 g/mol. The molecule has 4 nitrogen and oxygen atoms in total. The van der Waals surface area contributed by atoms with E-state index in [0.29, 0.717) is 22.1 Å². The molecule has 19 heavy (non-hydrogen) atoms. The van der Waals surface area contributed by atoms with E-state index in [1.165, 1.54) is 0 Å². The normalized spacial score (nSPS) is 16.2. The first-order valence-electron chi connectivity index (χ1n) is 6.33. The first-order valence-corrected chi connectivity index (χ1v) is 6.71. The number of hydrogen-bond donors (Lipinski definition) is 1. The third-order valence-electron chi connectivity index (χ3n) is 3.45. The number of Topliss-reactive ketones (excluding diaryl/α,β-unsaturated/α-hetero) is 1. The average Bonchev–Trinajstić information content (AvgIpc) is 2.47. The molecule has 1 N–H and O–H groups in total. The number of piperidine rings is 1. The fourth-order valence-corrected chi connectivity index (χ4v) is 2.59. The van der Waals surface area contributed by atoms with Crippen molar-refractivity contribution in [2.24, 2.45) is 5.92 Å². The summed E-state index contributed by atoms with van der Waals surface area (Å²) in [7, 11) is 3.09. The number of ketones is 1. The predicted octanol–water partition coefficient (Wildman–Crippen LogP) is 2.54. The van der Waals surface area contributed by atoms with E-state index in [1.807, 2.05) is 0 Å². The summed E-state index contributed by atoms with van der Waals surface area (Å²) >= 11 is 6.18. The summed E-state index contributed by atoms with van der Waals surface area (Å²) in [5, 5.41) is 3.66. The molecule has 0 bridgehead atoms. The number of halogens is 1. The van der Waals surface area contributed by atoms with Crippen LogP contribution in [0.1, 0.15) is 23.2 Å². The first-order chi connectivity index (χ1) is 9.17. The lowest BCUT2D eigenvalue weighted by Crippen LogP contribution is -2.32. The zero-order valence-corrected chi connectivity index (χ0v) is 11.9. The molecular formula is C14H18ClNO3. The minimum Gasteiger partial charge on any atom is -0.493 e. The molecule has 1 aromatic carbocycles. The first kappa shape index (κ1) is 14.2. The van der Waals surface area contributed by atoms with Crippen LogP contribution in [0.25, 0.3) is 0 Å². The highest BCUT2D eigenvalue weighted by molar-refractivity contribution is 6.34. The Labute approximate surface area is 118 Å². The molecule has 0 aromatic heterocycles. The summed E-state index contributed by atoms with van der Waals surface area (Å²) in [4.78, 5) is 12.5. The Balaban J connectivity index is 2.30. The van der Waals surface area contributed by atoms with Crippen molar-refractivity contribution in [1.82, 2.24) is 5.32 Å². The standard InChI is InChI=1S/C14H18ClNO3/c1-18-12-7-10(11(15)8-13(12)19-2)14(17)9-3-5-16-6-4-9/h7-9,16H,3-6H2,1-2H3. The van der Waals surface area contributed by atoms with Gasteiger partial charge in [0.1, 0.15) is 0 Å². The molecule has 0 amide bonds. The van der Waals surface area contributed by atoms with Crippen molar-refractivity contribution in [3.8, 4) is 11.5 Å². The lowest BCUT2D eigenvalue weighted by Gasteiger charge is -2.22. The molecule has 104 valence electrons. The summed E-state index contributed by atoms with van der Waals surface area (Å²) in [6.07, 6.45) is 1.70. The summed E-state index contributed by atoms with van der Waals surface area (Å²) in [5.74, 6) is 1.20. The smallest absolute Gasteiger partial charge is 0.167 e. The molecule has 0 radical (unpaired) electrons. The Morgan fingerprint density at radius 2 is 1.79 bits per heavy atom. The van der Waals surface area contributed by atoms with Gasteiger partial charge in [-0.05, 0) is 32.0 Å². The number of carbonyl (C=O) groups is 1. The number of ether oxygens (including phenoxy) is 2. The number of hydrogen-bond acceptors (Lipinski definition) is 4. The summed E-state index contributed by atoms with van der Waals surface area (Å²) in [5.41, 5.74) is 0.520. The highest BCUT2D eigenvalue weighted by atomic mass is 35.5. The Bertz CT molecular complexity index is 470. The van der Waals surface area contributed by atoms with Crippen LogP contribution in [0.15, 0.2) is 12.1 Å². The van der Waals surface area contributed by atoms with Gasteiger partial charge in [0.2, 0.25) is 0 Å². The van der Waals surface area contributed by atoms with Crippen molar-refractivity contribution in [2.45, 2.75) is 12.8 Å². The quantitative estimate of drug-likeness (QED) is 0.863. The van der Waals surface area contributed by atoms with Crippen LogP contribution in [-0.2, 0) is 0 Å². The maximum Gasteiger partial charge on any atom is 0.167 e. The maximum absolute atomic E-state index is 12.5. The number of nitrogens with one attached hydrogen (secondary N) is 1. The molecule has 1 fully saturated rings. The minimum absolute atomic E-state index is 0.0388. The van der Waals surface area contributed by atoms with E-state index in [-0.39, 0.29) is 11.7 Å². The van der Waals surface area contributed by atoms with E-state index in [4.69, 9.17) is 21.1 Å². The molecule has 1 aromatic rings. The van der Waals surface area contributed by atoms with E-state index in [2.05, 4.69) is 5.32 Å². The topological polar surface area (TPSA) is 47.6 Å². The second-order valence-electron chi connectivity index (χ2n) is 4.58. The Morgan fingerprint density at radius 1 is 1.21 bits per heavy atom. The van der Waals surface area contributed by atoms with Gasteiger partial charge < -0.3 is 14.8 Å². The van der Waals surface area contributed by atoms with Gasteiger partial charge in [0.25, 0.3) is 0 Å². The minimum atomic E-state index is 0.0388. The third-order valence-corrected chi connectivity index (χ3v) is 3.76. The van der Waals surface area contributed by atoms with Crippen LogP contribution in [0.3, 0.4) is 0 Å². The van der Waals surface area contributed by atoms with Gasteiger partial charge in [0.15, 0.2) is 17.3 Å². The second-order valence-corrected chi connectivity index (χ2v) is 4.98. The van der Waals surface area contributed by atoms with E-state index in [0.717, 1.165) is 25.9 Å². The van der Waals surface area contributed by atoms with Crippen molar-refractivity contribution in [3.05, 3.63) is 22.7 Å².